The molecule has 0 radical (unpaired) electrons. The molecule has 1 N–H and O–H groups in total. The number of nitro groups is 1. The molecule has 0 atom stereocenters. The fraction of sp³-hybridized carbons (Fsp3) is 0.625. The average molecular weight is 290 g/mol. The molecule has 21 heavy (non-hydrogen) atoms. The van der Waals surface area contributed by atoms with E-state index in [0.717, 1.165) is 29.9 Å². The third kappa shape index (κ3) is 3.73. The molecule has 0 heterocycles. The molecule has 1 aromatic rings. The minimum Gasteiger partial charge on any atom is -0.496 e. The summed E-state index contributed by atoms with van der Waals surface area (Å²) in [4.78, 5) is 10.6. The summed E-state index contributed by atoms with van der Waals surface area (Å²) in [5, 5.41) is 14.4. The van der Waals surface area contributed by atoms with Crippen molar-refractivity contribution in [2.24, 2.45) is 17.8 Å². The van der Waals surface area contributed by atoms with Crippen LogP contribution in [0.4, 0.5) is 5.69 Å². The molecule has 1 aromatic carbocycles. The zero-order chi connectivity index (χ0) is 14.8. The molecule has 0 unspecified atom stereocenters. The molecule has 5 heteroatoms. The predicted molar refractivity (Wildman–Crippen MR) is 80.3 cm³/mol. The Kier molecular flexibility index (Phi) is 4.10. The molecule has 2 aliphatic carbocycles. The molecule has 0 bridgehead atoms. The summed E-state index contributed by atoms with van der Waals surface area (Å²) in [5.74, 6) is 3.20. The molecule has 2 saturated carbocycles. The summed E-state index contributed by atoms with van der Waals surface area (Å²) in [6.07, 6.45) is 5.53. The first kappa shape index (κ1) is 14.3. The number of nitrogens with one attached hydrogen (secondary N) is 1. The molecule has 0 spiro atoms. The van der Waals surface area contributed by atoms with E-state index in [2.05, 4.69) is 5.32 Å². The van der Waals surface area contributed by atoms with Gasteiger partial charge in [0.2, 0.25) is 0 Å². The van der Waals surface area contributed by atoms with Crippen molar-refractivity contribution in [3.05, 3.63) is 33.9 Å². The van der Waals surface area contributed by atoms with Crippen molar-refractivity contribution in [3.63, 3.8) is 0 Å². The van der Waals surface area contributed by atoms with Crippen LogP contribution in [0.2, 0.25) is 0 Å². The molecule has 0 amide bonds. The fourth-order valence-electron chi connectivity index (χ4n) is 3.12. The third-order valence-corrected chi connectivity index (χ3v) is 4.56. The first-order valence-corrected chi connectivity index (χ1v) is 7.70. The number of benzene rings is 1. The van der Waals surface area contributed by atoms with Gasteiger partial charge in [0, 0.05) is 12.6 Å². The van der Waals surface area contributed by atoms with E-state index in [4.69, 9.17) is 4.74 Å². The van der Waals surface area contributed by atoms with Crippen LogP contribution in [0.3, 0.4) is 0 Å². The lowest BCUT2D eigenvalue weighted by atomic mass is 9.98. The fourth-order valence-corrected chi connectivity index (χ4v) is 3.12. The Bertz CT molecular complexity index is 512. The van der Waals surface area contributed by atoms with Gasteiger partial charge in [-0.2, -0.15) is 0 Å². The molecule has 0 aromatic heterocycles. The largest absolute Gasteiger partial charge is 0.496 e. The summed E-state index contributed by atoms with van der Waals surface area (Å²) in [5.41, 5.74) is 0.999. The average Bonchev–Trinajstić information content (AvgIpc) is 3.36. The maximum atomic E-state index is 10.9. The van der Waals surface area contributed by atoms with E-state index in [1.165, 1.54) is 38.9 Å². The van der Waals surface area contributed by atoms with Crippen molar-refractivity contribution in [1.29, 1.82) is 0 Å². The Morgan fingerprint density at radius 1 is 1.29 bits per heavy atom. The predicted octanol–water partition coefficient (Wildman–Crippen LogP) is 3.13. The highest BCUT2D eigenvalue weighted by Gasteiger charge is 2.40. The second-order valence-electron chi connectivity index (χ2n) is 6.27. The van der Waals surface area contributed by atoms with Gasteiger partial charge in [-0.25, -0.2) is 0 Å². The standard InChI is InChI=1S/C16H22N2O3/c1-21-15-7-11(6-14(8-15)18(19)20)9-17-10-16(12-2-3-12)13-4-5-13/h6-8,12-13,16-17H,2-5,9-10H2,1H3. The van der Waals surface area contributed by atoms with Crippen LogP contribution in [0.25, 0.3) is 0 Å². The molecular weight excluding hydrogens is 268 g/mol. The summed E-state index contributed by atoms with van der Waals surface area (Å²) in [6, 6.07) is 4.95. The summed E-state index contributed by atoms with van der Waals surface area (Å²) in [7, 11) is 1.53. The van der Waals surface area contributed by atoms with E-state index in [1.54, 1.807) is 6.07 Å². The molecule has 0 aliphatic heterocycles. The summed E-state index contributed by atoms with van der Waals surface area (Å²) < 4.78 is 5.14. The molecule has 0 saturated heterocycles. The van der Waals surface area contributed by atoms with Crippen LogP contribution >= 0.6 is 0 Å². The van der Waals surface area contributed by atoms with Crippen molar-refractivity contribution in [2.75, 3.05) is 13.7 Å². The van der Waals surface area contributed by atoms with Crippen molar-refractivity contribution >= 4 is 5.69 Å². The topological polar surface area (TPSA) is 64.4 Å². The number of hydrogen-bond acceptors (Lipinski definition) is 4. The van der Waals surface area contributed by atoms with E-state index in [0.29, 0.717) is 12.3 Å². The smallest absolute Gasteiger partial charge is 0.273 e. The SMILES string of the molecule is COc1cc(CNCC(C2CC2)C2CC2)cc([N+](=O)[O-])c1. The Morgan fingerprint density at radius 3 is 2.48 bits per heavy atom. The zero-order valence-electron chi connectivity index (χ0n) is 12.4. The molecular formula is C16H22N2O3. The van der Waals surface area contributed by atoms with Gasteiger partial charge < -0.3 is 10.1 Å². The first-order chi connectivity index (χ1) is 10.2. The van der Waals surface area contributed by atoms with E-state index >= 15 is 0 Å². The number of non-ortho nitro benzene ring substituents is 1. The van der Waals surface area contributed by atoms with Gasteiger partial charge in [-0.3, -0.25) is 10.1 Å². The Hall–Kier alpha value is -1.62. The first-order valence-electron chi connectivity index (χ1n) is 7.70. The lowest BCUT2D eigenvalue weighted by Crippen LogP contribution is -2.25. The highest BCUT2D eigenvalue weighted by atomic mass is 16.6. The van der Waals surface area contributed by atoms with Gasteiger partial charge in [0.1, 0.15) is 5.75 Å². The molecule has 2 fully saturated rings. The number of methoxy groups -OCH3 is 1. The third-order valence-electron chi connectivity index (χ3n) is 4.56. The number of hydrogen-bond donors (Lipinski definition) is 1. The quantitative estimate of drug-likeness (QED) is 0.590. The van der Waals surface area contributed by atoms with Crippen LogP contribution in [0.1, 0.15) is 31.2 Å². The lowest BCUT2D eigenvalue weighted by molar-refractivity contribution is -0.385. The van der Waals surface area contributed by atoms with Crippen molar-refractivity contribution in [1.82, 2.24) is 5.32 Å². The summed E-state index contributed by atoms with van der Waals surface area (Å²) >= 11 is 0. The van der Waals surface area contributed by atoms with E-state index in [-0.39, 0.29) is 10.6 Å². The van der Waals surface area contributed by atoms with Crippen molar-refractivity contribution < 1.29 is 9.66 Å². The van der Waals surface area contributed by atoms with Crippen LogP contribution in [0.15, 0.2) is 18.2 Å². The number of ether oxygens (including phenoxy) is 1. The molecule has 5 nitrogen and oxygen atoms in total. The minimum absolute atomic E-state index is 0.0899. The zero-order valence-corrected chi connectivity index (χ0v) is 12.4. The maximum Gasteiger partial charge on any atom is 0.273 e. The van der Waals surface area contributed by atoms with Gasteiger partial charge in [-0.05, 0) is 61.6 Å². The van der Waals surface area contributed by atoms with Gasteiger partial charge >= 0.3 is 0 Å². The van der Waals surface area contributed by atoms with E-state index in [1.807, 2.05) is 6.07 Å². The molecule has 114 valence electrons. The minimum atomic E-state index is -0.372. The number of nitro benzene ring substituents is 1. The van der Waals surface area contributed by atoms with Gasteiger partial charge in [0.15, 0.2) is 0 Å². The van der Waals surface area contributed by atoms with Crippen LogP contribution in [-0.2, 0) is 6.54 Å². The van der Waals surface area contributed by atoms with Crippen LogP contribution in [0, 0.1) is 27.9 Å². The van der Waals surface area contributed by atoms with Gasteiger partial charge in [0.25, 0.3) is 5.69 Å². The van der Waals surface area contributed by atoms with Gasteiger partial charge in [-0.1, -0.05) is 0 Å². The van der Waals surface area contributed by atoms with Crippen LogP contribution in [0.5, 0.6) is 5.75 Å². The number of nitrogens with zero attached hydrogens (tertiary/aromatic N) is 1. The monoisotopic (exact) mass is 290 g/mol. The number of rotatable bonds is 8. The second-order valence-corrected chi connectivity index (χ2v) is 6.27. The van der Waals surface area contributed by atoms with Crippen LogP contribution in [-0.4, -0.2) is 18.6 Å². The van der Waals surface area contributed by atoms with E-state index in [9.17, 15) is 10.1 Å². The normalized spacial score (nSPS) is 18.0. The highest BCUT2D eigenvalue weighted by Crippen LogP contribution is 2.48. The van der Waals surface area contributed by atoms with Crippen LogP contribution < -0.4 is 10.1 Å². The van der Waals surface area contributed by atoms with Gasteiger partial charge in [0.05, 0.1) is 18.1 Å². The lowest BCUT2D eigenvalue weighted by Gasteiger charge is -2.16. The summed E-state index contributed by atoms with van der Waals surface area (Å²) in [6.45, 7) is 1.69. The Morgan fingerprint density at radius 2 is 1.95 bits per heavy atom. The van der Waals surface area contributed by atoms with Crippen molar-refractivity contribution in [3.8, 4) is 5.75 Å². The van der Waals surface area contributed by atoms with E-state index < -0.39 is 0 Å². The Labute approximate surface area is 124 Å². The molecule has 3 rings (SSSR count). The van der Waals surface area contributed by atoms with Gasteiger partial charge in [-0.15, -0.1) is 0 Å². The van der Waals surface area contributed by atoms with Crippen molar-refractivity contribution in [2.45, 2.75) is 32.2 Å². The highest BCUT2D eigenvalue weighted by molar-refractivity contribution is 5.42. The Balaban J connectivity index is 1.58. The maximum absolute atomic E-state index is 10.9. The second kappa shape index (κ2) is 6.02. The molecule has 2 aliphatic rings.